The number of carbonyl (C=O) groups excluding carboxylic acids is 2. The molecule has 1 saturated heterocycles. The van der Waals surface area contributed by atoms with Gasteiger partial charge in [-0.25, -0.2) is 0 Å². The standard InChI is InChI=1S/C19H23N3O2S/c1-14-9-12-25-18(14)19(24)21-16-7-10-22(11-8-16)13-17(23)20-15-5-3-2-4-6-15/h2-6,9,12,16H,7-8,10-11,13H2,1H3,(H,20,23)(H,21,24). The molecule has 2 heterocycles. The Hall–Kier alpha value is -2.18. The third-order valence-electron chi connectivity index (χ3n) is 4.42. The zero-order valence-corrected chi connectivity index (χ0v) is 15.1. The number of likely N-dealkylation sites (tertiary alicyclic amines) is 1. The van der Waals surface area contributed by atoms with Crippen LogP contribution in [0.15, 0.2) is 41.8 Å². The molecule has 0 unspecified atom stereocenters. The number of carbonyl (C=O) groups is 2. The summed E-state index contributed by atoms with van der Waals surface area (Å²) in [6.07, 6.45) is 1.74. The molecular formula is C19H23N3O2S. The summed E-state index contributed by atoms with van der Waals surface area (Å²) in [7, 11) is 0. The van der Waals surface area contributed by atoms with E-state index in [1.807, 2.05) is 48.7 Å². The first-order valence-electron chi connectivity index (χ1n) is 8.54. The molecule has 0 bridgehead atoms. The monoisotopic (exact) mass is 357 g/mol. The molecule has 0 atom stereocenters. The molecule has 132 valence electrons. The summed E-state index contributed by atoms with van der Waals surface area (Å²) in [5, 5.41) is 7.97. The van der Waals surface area contributed by atoms with E-state index < -0.39 is 0 Å². The third-order valence-corrected chi connectivity index (χ3v) is 5.43. The van der Waals surface area contributed by atoms with Crippen molar-refractivity contribution in [3.8, 4) is 0 Å². The van der Waals surface area contributed by atoms with Gasteiger partial charge in [0.25, 0.3) is 5.91 Å². The minimum absolute atomic E-state index is 0.00268. The van der Waals surface area contributed by atoms with Crippen molar-refractivity contribution in [1.82, 2.24) is 10.2 Å². The number of benzene rings is 1. The molecule has 1 aliphatic rings. The largest absolute Gasteiger partial charge is 0.349 e. The average Bonchev–Trinajstić information content (AvgIpc) is 3.03. The topological polar surface area (TPSA) is 61.4 Å². The molecule has 0 aliphatic carbocycles. The van der Waals surface area contributed by atoms with Gasteiger partial charge in [-0.15, -0.1) is 11.3 Å². The van der Waals surface area contributed by atoms with Crippen LogP contribution in [0.2, 0.25) is 0 Å². The number of hydrogen-bond acceptors (Lipinski definition) is 4. The first kappa shape index (κ1) is 17.6. The van der Waals surface area contributed by atoms with Gasteiger partial charge in [-0.05, 0) is 48.9 Å². The van der Waals surface area contributed by atoms with Crippen molar-refractivity contribution in [2.75, 3.05) is 25.0 Å². The predicted molar refractivity (Wildman–Crippen MR) is 101 cm³/mol. The zero-order chi connectivity index (χ0) is 17.6. The highest BCUT2D eigenvalue weighted by molar-refractivity contribution is 7.12. The molecule has 6 heteroatoms. The summed E-state index contributed by atoms with van der Waals surface area (Å²) < 4.78 is 0. The van der Waals surface area contributed by atoms with Gasteiger partial charge < -0.3 is 10.6 Å². The van der Waals surface area contributed by atoms with Crippen molar-refractivity contribution in [3.63, 3.8) is 0 Å². The fourth-order valence-electron chi connectivity index (χ4n) is 3.02. The number of amides is 2. The fourth-order valence-corrected chi connectivity index (χ4v) is 3.84. The van der Waals surface area contributed by atoms with Gasteiger partial charge in [0.15, 0.2) is 0 Å². The second kappa shape index (κ2) is 8.27. The van der Waals surface area contributed by atoms with E-state index >= 15 is 0 Å². The number of para-hydroxylation sites is 1. The molecule has 2 aromatic rings. The van der Waals surface area contributed by atoms with E-state index in [-0.39, 0.29) is 17.9 Å². The van der Waals surface area contributed by atoms with Gasteiger partial charge >= 0.3 is 0 Å². The molecule has 0 spiro atoms. The predicted octanol–water partition coefficient (Wildman–Crippen LogP) is 2.89. The fraction of sp³-hybridized carbons (Fsp3) is 0.368. The smallest absolute Gasteiger partial charge is 0.261 e. The van der Waals surface area contributed by atoms with Crippen LogP contribution in [0.3, 0.4) is 0 Å². The number of rotatable bonds is 5. The van der Waals surface area contributed by atoms with Gasteiger partial charge in [0.05, 0.1) is 11.4 Å². The molecule has 0 radical (unpaired) electrons. The molecule has 2 amide bonds. The number of aryl methyl sites for hydroxylation is 1. The van der Waals surface area contributed by atoms with Crippen LogP contribution in [0, 0.1) is 6.92 Å². The van der Waals surface area contributed by atoms with Crippen LogP contribution in [0.25, 0.3) is 0 Å². The maximum atomic E-state index is 12.3. The Morgan fingerprint density at radius 3 is 2.52 bits per heavy atom. The highest BCUT2D eigenvalue weighted by Gasteiger charge is 2.23. The van der Waals surface area contributed by atoms with Crippen molar-refractivity contribution < 1.29 is 9.59 Å². The SMILES string of the molecule is Cc1ccsc1C(=O)NC1CCN(CC(=O)Nc2ccccc2)CC1. The highest BCUT2D eigenvalue weighted by atomic mass is 32.1. The molecular weight excluding hydrogens is 334 g/mol. The normalized spacial score (nSPS) is 15.7. The first-order valence-corrected chi connectivity index (χ1v) is 9.42. The number of nitrogens with one attached hydrogen (secondary N) is 2. The van der Waals surface area contributed by atoms with E-state index in [0.717, 1.165) is 42.1 Å². The van der Waals surface area contributed by atoms with E-state index in [9.17, 15) is 9.59 Å². The Labute approximate surface area is 152 Å². The van der Waals surface area contributed by atoms with Gasteiger partial charge in [-0.3, -0.25) is 14.5 Å². The van der Waals surface area contributed by atoms with Crippen molar-refractivity contribution in [2.24, 2.45) is 0 Å². The Morgan fingerprint density at radius 1 is 1.16 bits per heavy atom. The van der Waals surface area contributed by atoms with Gasteiger partial charge in [0, 0.05) is 24.8 Å². The Morgan fingerprint density at radius 2 is 1.88 bits per heavy atom. The maximum absolute atomic E-state index is 12.3. The van der Waals surface area contributed by atoms with Gasteiger partial charge in [0.1, 0.15) is 0 Å². The summed E-state index contributed by atoms with van der Waals surface area (Å²) in [4.78, 5) is 27.3. The third kappa shape index (κ3) is 4.90. The van der Waals surface area contributed by atoms with E-state index in [1.165, 1.54) is 11.3 Å². The molecule has 1 aromatic carbocycles. The Bertz CT molecular complexity index is 721. The van der Waals surface area contributed by atoms with Gasteiger partial charge in [0.2, 0.25) is 5.91 Å². The van der Waals surface area contributed by atoms with Crippen LogP contribution in [-0.2, 0) is 4.79 Å². The minimum Gasteiger partial charge on any atom is -0.349 e. The van der Waals surface area contributed by atoms with Crippen molar-refractivity contribution >= 4 is 28.8 Å². The molecule has 0 saturated carbocycles. The molecule has 1 aliphatic heterocycles. The lowest BCUT2D eigenvalue weighted by atomic mass is 10.0. The van der Waals surface area contributed by atoms with Gasteiger partial charge in [-0.2, -0.15) is 0 Å². The lowest BCUT2D eigenvalue weighted by Crippen LogP contribution is -2.46. The van der Waals surface area contributed by atoms with Crippen LogP contribution in [0.5, 0.6) is 0 Å². The first-order chi connectivity index (χ1) is 12.1. The summed E-state index contributed by atoms with van der Waals surface area (Å²) in [5.41, 5.74) is 1.85. The van der Waals surface area contributed by atoms with Gasteiger partial charge in [-0.1, -0.05) is 18.2 Å². The maximum Gasteiger partial charge on any atom is 0.261 e. The molecule has 25 heavy (non-hydrogen) atoms. The summed E-state index contributed by atoms with van der Waals surface area (Å²) in [6, 6.07) is 11.6. The molecule has 3 rings (SSSR count). The van der Waals surface area contributed by atoms with E-state index in [4.69, 9.17) is 0 Å². The lowest BCUT2D eigenvalue weighted by molar-refractivity contribution is -0.117. The van der Waals surface area contributed by atoms with E-state index in [2.05, 4.69) is 15.5 Å². The molecule has 2 N–H and O–H groups in total. The van der Waals surface area contributed by atoms with Crippen LogP contribution < -0.4 is 10.6 Å². The second-order valence-corrected chi connectivity index (χ2v) is 7.29. The quantitative estimate of drug-likeness (QED) is 0.865. The van der Waals surface area contributed by atoms with E-state index in [0.29, 0.717) is 6.54 Å². The summed E-state index contributed by atoms with van der Waals surface area (Å²) in [6.45, 7) is 3.98. The number of thiophene rings is 1. The van der Waals surface area contributed by atoms with Crippen LogP contribution in [0.1, 0.15) is 28.1 Å². The Kier molecular flexibility index (Phi) is 5.83. The number of nitrogens with zero attached hydrogens (tertiary/aromatic N) is 1. The molecule has 1 fully saturated rings. The van der Waals surface area contributed by atoms with E-state index in [1.54, 1.807) is 0 Å². The minimum atomic E-state index is 0.00268. The average molecular weight is 357 g/mol. The number of anilines is 1. The summed E-state index contributed by atoms with van der Waals surface area (Å²) >= 11 is 1.48. The number of piperidine rings is 1. The zero-order valence-electron chi connectivity index (χ0n) is 14.3. The second-order valence-electron chi connectivity index (χ2n) is 6.37. The highest BCUT2D eigenvalue weighted by Crippen LogP contribution is 2.17. The molecule has 1 aromatic heterocycles. The Balaban J connectivity index is 1.42. The van der Waals surface area contributed by atoms with Crippen molar-refractivity contribution in [2.45, 2.75) is 25.8 Å². The van der Waals surface area contributed by atoms with Crippen LogP contribution in [0.4, 0.5) is 5.69 Å². The van der Waals surface area contributed by atoms with Crippen molar-refractivity contribution in [1.29, 1.82) is 0 Å². The van der Waals surface area contributed by atoms with Crippen LogP contribution >= 0.6 is 11.3 Å². The lowest BCUT2D eigenvalue weighted by Gasteiger charge is -2.31. The summed E-state index contributed by atoms with van der Waals surface area (Å²) in [5.74, 6) is 0.0238. The number of hydrogen-bond donors (Lipinski definition) is 2. The van der Waals surface area contributed by atoms with Crippen molar-refractivity contribution in [3.05, 3.63) is 52.2 Å². The molecule has 5 nitrogen and oxygen atoms in total. The van der Waals surface area contributed by atoms with Crippen LogP contribution in [-0.4, -0.2) is 42.4 Å².